The first-order valence-electron chi connectivity index (χ1n) is 7.38. The molecule has 4 heterocycles. The fourth-order valence-corrected chi connectivity index (χ4v) is 2.72. The van der Waals surface area contributed by atoms with E-state index in [1.807, 2.05) is 49.3 Å². The molecule has 0 unspecified atom stereocenters. The van der Waals surface area contributed by atoms with E-state index in [0.717, 1.165) is 48.6 Å². The van der Waals surface area contributed by atoms with Crippen LogP contribution in [-0.2, 0) is 11.8 Å². The van der Waals surface area contributed by atoms with Gasteiger partial charge in [0.05, 0.1) is 36.2 Å². The summed E-state index contributed by atoms with van der Waals surface area (Å²) in [5, 5.41) is 12.0. The zero-order chi connectivity index (χ0) is 16.2. The van der Waals surface area contributed by atoms with Crippen LogP contribution in [0, 0.1) is 0 Å². The van der Waals surface area contributed by atoms with Crippen LogP contribution >= 0.6 is 0 Å². The Hall–Kier alpha value is -2.74. The molecule has 23 heavy (non-hydrogen) atoms. The van der Waals surface area contributed by atoms with Crippen molar-refractivity contribution in [3.05, 3.63) is 31.0 Å². The average molecular weight is 313 g/mol. The predicted octanol–water partition coefficient (Wildman–Crippen LogP) is 0.354. The van der Waals surface area contributed by atoms with E-state index in [9.17, 15) is 0 Å². The molecule has 3 aromatic heterocycles. The van der Waals surface area contributed by atoms with Gasteiger partial charge in [0.15, 0.2) is 0 Å². The third-order valence-corrected chi connectivity index (χ3v) is 3.84. The number of carbonyl (C=O) groups is 1. The van der Waals surface area contributed by atoms with Crippen LogP contribution in [0.3, 0.4) is 0 Å². The minimum Gasteiger partial charge on any atom is -0.366 e. The largest absolute Gasteiger partial charge is 0.366 e. The average Bonchev–Trinajstić information content (AvgIpc) is 3.23. The summed E-state index contributed by atoms with van der Waals surface area (Å²) >= 11 is 0. The first-order valence-corrected chi connectivity index (χ1v) is 7.38. The molecule has 4 rings (SSSR count). The van der Waals surface area contributed by atoms with E-state index in [1.54, 1.807) is 4.68 Å². The van der Waals surface area contributed by atoms with E-state index in [-0.39, 0.29) is 0 Å². The highest BCUT2D eigenvalue weighted by atomic mass is 16.1. The Kier molecular flexibility index (Phi) is 4.33. The molecule has 0 bridgehead atoms. The van der Waals surface area contributed by atoms with Gasteiger partial charge in [-0.2, -0.15) is 10.2 Å². The lowest BCUT2D eigenvalue weighted by Gasteiger charge is -2.28. The maximum atomic E-state index is 8.00. The van der Waals surface area contributed by atoms with E-state index in [4.69, 9.17) is 4.79 Å². The van der Waals surface area contributed by atoms with Crippen LogP contribution in [0.25, 0.3) is 16.8 Å². The summed E-state index contributed by atoms with van der Waals surface area (Å²) in [4.78, 5) is 14.9. The number of piperazine rings is 1. The van der Waals surface area contributed by atoms with Gasteiger partial charge in [0.25, 0.3) is 0 Å². The maximum absolute atomic E-state index is 8.00. The monoisotopic (exact) mass is 313 g/mol. The van der Waals surface area contributed by atoms with E-state index in [2.05, 4.69) is 25.4 Å². The van der Waals surface area contributed by atoms with Crippen molar-refractivity contribution in [2.45, 2.75) is 0 Å². The van der Waals surface area contributed by atoms with Crippen molar-refractivity contribution in [1.82, 2.24) is 29.7 Å². The van der Waals surface area contributed by atoms with Crippen LogP contribution in [0.2, 0.25) is 0 Å². The van der Waals surface area contributed by atoms with E-state index >= 15 is 0 Å². The molecule has 0 atom stereocenters. The fraction of sp³-hybridized carbons (Fsp3) is 0.333. The van der Waals surface area contributed by atoms with Gasteiger partial charge in [0.1, 0.15) is 12.3 Å². The molecule has 0 aromatic carbocycles. The lowest BCUT2D eigenvalue weighted by atomic mass is 10.2. The molecule has 0 aliphatic carbocycles. The molecule has 3 aromatic rings. The molecule has 0 spiro atoms. The fourth-order valence-electron chi connectivity index (χ4n) is 2.72. The summed E-state index contributed by atoms with van der Waals surface area (Å²) in [6.45, 7) is 6.04. The Labute approximate surface area is 133 Å². The van der Waals surface area contributed by atoms with Crippen LogP contribution < -0.4 is 10.2 Å². The van der Waals surface area contributed by atoms with Crippen molar-refractivity contribution in [2.75, 3.05) is 31.1 Å². The first kappa shape index (κ1) is 15.2. The van der Waals surface area contributed by atoms with Crippen molar-refractivity contribution in [3.63, 3.8) is 0 Å². The van der Waals surface area contributed by atoms with Gasteiger partial charge in [-0.15, -0.1) is 0 Å². The summed E-state index contributed by atoms with van der Waals surface area (Å²) in [5.74, 6) is 0. The van der Waals surface area contributed by atoms with E-state index in [1.165, 1.54) is 0 Å². The smallest absolute Gasteiger partial charge is 0.108 e. The summed E-state index contributed by atoms with van der Waals surface area (Å²) in [7, 11) is 1.90. The zero-order valence-corrected chi connectivity index (χ0v) is 13.0. The topological polar surface area (TPSA) is 80.4 Å². The minimum absolute atomic E-state index is 0.880. The molecule has 1 N–H and O–H groups in total. The second kappa shape index (κ2) is 6.57. The highest BCUT2D eigenvalue weighted by molar-refractivity contribution is 5.73. The molecular weight excluding hydrogens is 294 g/mol. The minimum atomic E-state index is 0.880. The number of hydrogen-bond acceptors (Lipinski definition) is 6. The molecule has 120 valence electrons. The second-order valence-electron chi connectivity index (χ2n) is 5.27. The van der Waals surface area contributed by atoms with Crippen molar-refractivity contribution in [2.24, 2.45) is 7.05 Å². The molecule has 1 saturated heterocycles. The van der Waals surface area contributed by atoms with E-state index < -0.39 is 0 Å². The lowest BCUT2D eigenvalue weighted by Crippen LogP contribution is -2.43. The highest BCUT2D eigenvalue weighted by Gasteiger charge is 2.15. The van der Waals surface area contributed by atoms with Crippen molar-refractivity contribution >= 4 is 18.0 Å². The Morgan fingerprint density at radius 1 is 1.09 bits per heavy atom. The van der Waals surface area contributed by atoms with Gasteiger partial charge in [-0.05, 0) is 0 Å². The van der Waals surface area contributed by atoms with Crippen LogP contribution in [0.5, 0.6) is 0 Å². The summed E-state index contributed by atoms with van der Waals surface area (Å²) in [6.07, 6.45) is 9.55. The highest BCUT2D eigenvalue weighted by Crippen LogP contribution is 2.23. The van der Waals surface area contributed by atoms with Crippen LogP contribution in [0.4, 0.5) is 5.69 Å². The molecule has 8 nitrogen and oxygen atoms in total. The van der Waals surface area contributed by atoms with Gasteiger partial charge < -0.3 is 15.0 Å². The van der Waals surface area contributed by atoms with Crippen molar-refractivity contribution in [3.8, 4) is 11.3 Å². The van der Waals surface area contributed by atoms with Crippen LogP contribution in [-0.4, -0.2) is 57.3 Å². The quantitative estimate of drug-likeness (QED) is 0.735. The third-order valence-electron chi connectivity index (χ3n) is 3.84. The zero-order valence-electron chi connectivity index (χ0n) is 13.0. The summed E-state index contributed by atoms with van der Waals surface area (Å²) < 4.78 is 3.67. The molecule has 0 amide bonds. The maximum Gasteiger partial charge on any atom is 0.108 e. The Bertz CT molecular complexity index is 788. The Morgan fingerprint density at radius 3 is 2.57 bits per heavy atom. The molecule has 0 saturated carbocycles. The second-order valence-corrected chi connectivity index (χ2v) is 5.27. The van der Waals surface area contributed by atoms with Crippen LogP contribution in [0.1, 0.15) is 0 Å². The van der Waals surface area contributed by atoms with Gasteiger partial charge >= 0.3 is 0 Å². The molecule has 1 aliphatic heterocycles. The number of carbonyl (C=O) groups excluding carboxylic acids is 1. The number of aromatic nitrogens is 5. The van der Waals surface area contributed by atoms with Crippen molar-refractivity contribution < 1.29 is 4.79 Å². The first-order chi connectivity index (χ1) is 11.3. The van der Waals surface area contributed by atoms with Gasteiger partial charge in [0.2, 0.25) is 0 Å². The third kappa shape index (κ3) is 2.93. The number of hydrogen-bond donors (Lipinski definition) is 1. The molecular formula is C15H19N7O. The Morgan fingerprint density at radius 2 is 1.87 bits per heavy atom. The van der Waals surface area contributed by atoms with Gasteiger partial charge in [-0.3, -0.25) is 9.67 Å². The number of anilines is 1. The standard InChI is InChI=1S/C14H17N7.CH2O/c1-19-9-11(6-17-19)12-10-21-14(7-16-12)13(8-18-21)20-4-2-15-3-5-20;1-2/h6-10,15H,2-5H2,1H3;1H2. The Balaban J connectivity index is 0.000000753. The SMILES string of the molecule is C=O.Cn1cc(-c2cn3ncc(N4CCNCC4)c3cn2)cn1. The normalized spacial score (nSPS) is 14.6. The number of nitrogens with zero attached hydrogens (tertiary/aromatic N) is 6. The number of aryl methyl sites for hydroxylation is 1. The number of nitrogens with one attached hydrogen (secondary N) is 1. The summed E-state index contributed by atoms with van der Waals surface area (Å²) in [6, 6.07) is 0. The van der Waals surface area contributed by atoms with Gasteiger partial charge in [-0.1, -0.05) is 0 Å². The van der Waals surface area contributed by atoms with Crippen molar-refractivity contribution in [1.29, 1.82) is 0 Å². The number of fused-ring (bicyclic) bond motifs is 1. The summed E-state index contributed by atoms with van der Waals surface area (Å²) in [5.41, 5.74) is 4.08. The van der Waals surface area contributed by atoms with Crippen LogP contribution in [0.15, 0.2) is 31.0 Å². The van der Waals surface area contributed by atoms with Gasteiger partial charge in [0, 0.05) is 45.0 Å². The lowest BCUT2D eigenvalue weighted by molar-refractivity contribution is -0.0979. The number of rotatable bonds is 2. The molecule has 0 radical (unpaired) electrons. The van der Waals surface area contributed by atoms with E-state index in [0.29, 0.717) is 0 Å². The molecule has 1 aliphatic rings. The molecule has 8 heteroatoms. The predicted molar refractivity (Wildman–Crippen MR) is 87.4 cm³/mol. The van der Waals surface area contributed by atoms with Gasteiger partial charge in [-0.25, -0.2) is 4.52 Å². The molecule has 1 fully saturated rings.